The molecule has 2 aromatic heterocycles. The first-order valence-electron chi connectivity index (χ1n) is 8.65. The number of likely N-dealkylation sites (tertiary alicyclic amines) is 1. The van der Waals surface area contributed by atoms with E-state index in [0.29, 0.717) is 17.6 Å². The molecule has 2 aliphatic heterocycles. The molecule has 2 saturated heterocycles. The minimum atomic E-state index is -5.08. The monoisotopic (exact) mass is 403 g/mol. The zero-order valence-corrected chi connectivity index (χ0v) is 15.3. The molecule has 4 heterocycles. The van der Waals surface area contributed by atoms with Crippen molar-refractivity contribution in [3.8, 4) is 0 Å². The van der Waals surface area contributed by atoms with Gasteiger partial charge in [0.25, 0.3) is 5.89 Å². The number of nitrogens with zero attached hydrogens (tertiary/aromatic N) is 3. The van der Waals surface area contributed by atoms with Gasteiger partial charge in [0.2, 0.25) is 0 Å². The summed E-state index contributed by atoms with van der Waals surface area (Å²) in [4.78, 5) is 15.6. The number of rotatable bonds is 3. The normalized spacial score (nSPS) is 24.7. The number of aromatic nitrogens is 2. The van der Waals surface area contributed by atoms with Gasteiger partial charge in [-0.15, -0.1) is 0 Å². The summed E-state index contributed by atoms with van der Waals surface area (Å²) < 4.78 is 48.7. The molecule has 154 valence electrons. The van der Waals surface area contributed by atoms with Crippen molar-refractivity contribution < 1.29 is 36.7 Å². The van der Waals surface area contributed by atoms with Crippen LogP contribution in [0.4, 0.5) is 13.2 Å². The van der Waals surface area contributed by atoms with Crippen molar-refractivity contribution in [1.29, 1.82) is 0 Å². The lowest BCUT2D eigenvalue weighted by Gasteiger charge is -2.16. The van der Waals surface area contributed by atoms with E-state index >= 15 is 0 Å². The average molecular weight is 403 g/mol. The van der Waals surface area contributed by atoms with E-state index in [1.54, 1.807) is 0 Å². The van der Waals surface area contributed by atoms with Crippen LogP contribution < -0.4 is 0 Å². The smallest absolute Gasteiger partial charge is 0.475 e. The Morgan fingerprint density at radius 2 is 2.04 bits per heavy atom. The van der Waals surface area contributed by atoms with Gasteiger partial charge in [0, 0.05) is 19.0 Å². The van der Waals surface area contributed by atoms with Crippen LogP contribution in [0.2, 0.25) is 0 Å². The van der Waals surface area contributed by atoms with Crippen LogP contribution in [-0.2, 0) is 16.1 Å². The third-order valence-electron chi connectivity index (χ3n) is 4.55. The molecule has 0 spiro atoms. The van der Waals surface area contributed by atoms with E-state index < -0.39 is 12.1 Å². The fourth-order valence-electron chi connectivity index (χ4n) is 3.37. The Kier molecular flexibility index (Phi) is 5.75. The molecule has 1 N–H and O–H groups in total. The maximum absolute atomic E-state index is 10.6. The van der Waals surface area contributed by atoms with Crippen LogP contribution in [0, 0.1) is 19.8 Å². The average Bonchev–Trinajstić information content (AvgIpc) is 3.32. The third kappa shape index (κ3) is 4.90. The number of aryl methyl sites for hydroxylation is 2. The molecule has 28 heavy (non-hydrogen) atoms. The van der Waals surface area contributed by atoms with Gasteiger partial charge >= 0.3 is 12.1 Å². The van der Waals surface area contributed by atoms with Gasteiger partial charge in [-0.2, -0.15) is 18.2 Å². The Morgan fingerprint density at radius 1 is 1.32 bits per heavy atom. The number of carbonyl (C=O) groups is 1. The van der Waals surface area contributed by atoms with Crippen molar-refractivity contribution in [3.05, 3.63) is 35.4 Å². The highest BCUT2D eigenvalue weighted by molar-refractivity contribution is 5.73. The van der Waals surface area contributed by atoms with Crippen LogP contribution in [0.3, 0.4) is 0 Å². The Bertz CT molecular complexity index is 805. The Balaban J connectivity index is 0.000000279. The molecule has 0 aliphatic carbocycles. The van der Waals surface area contributed by atoms with Crippen LogP contribution in [0.25, 0.3) is 0 Å². The molecule has 0 amide bonds. The van der Waals surface area contributed by atoms with Gasteiger partial charge in [-0.3, -0.25) is 4.90 Å². The molecule has 2 fully saturated rings. The van der Waals surface area contributed by atoms with E-state index in [9.17, 15) is 13.2 Å². The van der Waals surface area contributed by atoms with E-state index in [2.05, 4.69) is 15.0 Å². The van der Waals surface area contributed by atoms with Gasteiger partial charge in [-0.05, 0) is 32.4 Å². The first-order valence-corrected chi connectivity index (χ1v) is 8.65. The second-order valence-corrected chi connectivity index (χ2v) is 6.85. The Hall–Kier alpha value is -2.40. The van der Waals surface area contributed by atoms with Crippen molar-refractivity contribution in [1.82, 2.24) is 15.0 Å². The number of fused-ring (bicyclic) bond motifs is 1. The number of hydrogen-bond acceptors (Lipinski definition) is 7. The summed E-state index contributed by atoms with van der Waals surface area (Å²) >= 11 is 0. The predicted molar refractivity (Wildman–Crippen MR) is 87.2 cm³/mol. The molecule has 0 unspecified atom stereocenters. The standard InChI is InChI=1S/C15H19N3O3.C2HF3O2/c1-9-3-4-12(19-9)7-18-6-11-5-13(20-14(11)8-18)15-16-10(2)17-21-15;3-2(4,5)1(6)7/h3-4,11,13-14H,5-8H2,1-2H3;(H,6,7)/t11-,13-,14+;/m0./s1. The lowest BCUT2D eigenvalue weighted by Crippen LogP contribution is -2.23. The number of hydrogen-bond donors (Lipinski definition) is 1. The van der Waals surface area contributed by atoms with Crippen LogP contribution >= 0.6 is 0 Å². The lowest BCUT2D eigenvalue weighted by atomic mass is 10.0. The van der Waals surface area contributed by atoms with E-state index in [4.69, 9.17) is 23.6 Å². The van der Waals surface area contributed by atoms with Gasteiger partial charge in [0.05, 0.1) is 12.6 Å². The van der Waals surface area contributed by atoms with Crippen molar-refractivity contribution in [3.63, 3.8) is 0 Å². The van der Waals surface area contributed by atoms with Gasteiger partial charge in [-0.1, -0.05) is 5.16 Å². The fourth-order valence-corrected chi connectivity index (χ4v) is 3.37. The molecule has 8 nitrogen and oxygen atoms in total. The second kappa shape index (κ2) is 7.92. The summed E-state index contributed by atoms with van der Waals surface area (Å²) in [7, 11) is 0. The van der Waals surface area contributed by atoms with Crippen LogP contribution in [0.5, 0.6) is 0 Å². The number of carboxylic acid groups (broad SMARTS) is 1. The van der Waals surface area contributed by atoms with E-state index in [0.717, 1.165) is 37.6 Å². The van der Waals surface area contributed by atoms with Crippen LogP contribution in [0.1, 0.15) is 35.8 Å². The van der Waals surface area contributed by atoms with Crippen molar-refractivity contribution in [2.24, 2.45) is 5.92 Å². The molecule has 4 rings (SSSR count). The molecular weight excluding hydrogens is 383 g/mol. The molecule has 3 atom stereocenters. The molecule has 11 heteroatoms. The summed E-state index contributed by atoms with van der Waals surface area (Å²) in [6.07, 6.45) is -3.90. The highest BCUT2D eigenvalue weighted by Crippen LogP contribution is 2.40. The number of aliphatic carboxylic acids is 1. The minimum Gasteiger partial charge on any atom is -0.475 e. The first kappa shape index (κ1) is 20.3. The Morgan fingerprint density at radius 3 is 2.54 bits per heavy atom. The molecule has 0 saturated carbocycles. The summed E-state index contributed by atoms with van der Waals surface area (Å²) in [6.45, 7) is 6.63. The SMILES string of the molecule is Cc1noc([C@@H]2C[C@H]3CN(Cc4ccc(C)o4)C[C@H]3O2)n1.O=C(O)C(F)(F)F. The summed E-state index contributed by atoms with van der Waals surface area (Å²) in [5.74, 6) is 1.06. The van der Waals surface area contributed by atoms with Crippen molar-refractivity contribution in [2.45, 2.75) is 45.2 Å². The second-order valence-electron chi connectivity index (χ2n) is 6.85. The molecule has 0 bridgehead atoms. The molecule has 2 aliphatic rings. The zero-order chi connectivity index (χ0) is 20.5. The molecule has 0 radical (unpaired) electrons. The number of halogens is 3. The maximum Gasteiger partial charge on any atom is 0.490 e. The van der Waals surface area contributed by atoms with E-state index in [1.165, 1.54) is 0 Å². The minimum absolute atomic E-state index is 0.0331. The van der Waals surface area contributed by atoms with Crippen molar-refractivity contribution in [2.75, 3.05) is 13.1 Å². The highest BCUT2D eigenvalue weighted by atomic mass is 19.4. The number of furan rings is 1. The number of carboxylic acids is 1. The summed E-state index contributed by atoms with van der Waals surface area (Å²) in [6, 6.07) is 4.06. The zero-order valence-electron chi connectivity index (χ0n) is 15.3. The van der Waals surface area contributed by atoms with E-state index in [1.807, 2.05) is 26.0 Å². The predicted octanol–water partition coefficient (Wildman–Crippen LogP) is 2.87. The van der Waals surface area contributed by atoms with Crippen molar-refractivity contribution >= 4 is 5.97 Å². The van der Waals surface area contributed by atoms with Gasteiger partial charge < -0.3 is 18.8 Å². The largest absolute Gasteiger partial charge is 0.490 e. The summed E-state index contributed by atoms with van der Waals surface area (Å²) in [5, 5.41) is 11.0. The fraction of sp³-hybridized carbons (Fsp3) is 0.588. The topological polar surface area (TPSA) is 102 Å². The quantitative estimate of drug-likeness (QED) is 0.835. The maximum atomic E-state index is 10.6. The Labute approximate surface area is 158 Å². The highest BCUT2D eigenvalue weighted by Gasteiger charge is 2.44. The molecule has 0 aromatic carbocycles. The third-order valence-corrected chi connectivity index (χ3v) is 4.55. The number of ether oxygens (including phenoxy) is 1. The van der Waals surface area contributed by atoms with E-state index in [-0.39, 0.29) is 12.2 Å². The molecule has 2 aromatic rings. The van der Waals surface area contributed by atoms with Gasteiger partial charge in [0.1, 0.15) is 17.6 Å². The first-order chi connectivity index (χ1) is 13.1. The lowest BCUT2D eigenvalue weighted by molar-refractivity contribution is -0.192. The molecular formula is C17H20F3N3O5. The van der Waals surface area contributed by atoms with Crippen LogP contribution in [0.15, 0.2) is 21.1 Å². The van der Waals surface area contributed by atoms with Crippen LogP contribution in [-0.4, -0.2) is 51.5 Å². The van der Waals surface area contributed by atoms with Gasteiger partial charge in [-0.25, -0.2) is 4.79 Å². The summed E-state index contributed by atoms with van der Waals surface area (Å²) in [5.41, 5.74) is 0. The number of alkyl halides is 3. The van der Waals surface area contributed by atoms with Gasteiger partial charge in [0.15, 0.2) is 5.82 Å².